The first-order chi connectivity index (χ1) is 6.27. The van der Waals surface area contributed by atoms with Crippen LogP contribution < -0.4 is 5.32 Å². The molecule has 0 unspecified atom stereocenters. The molecule has 78 valence electrons. The fraction of sp³-hybridized carbons (Fsp3) is 0.800. The molecule has 0 radical (unpaired) electrons. The Labute approximate surface area is 86.3 Å². The number of ether oxygens (including phenoxy) is 1. The maximum absolute atomic E-state index is 5.57. The van der Waals surface area contributed by atoms with E-state index >= 15 is 0 Å². The number of rotatable bonds is 9. The van der Waals surface area contributed by atoms with E-state index in [1.165, 1.54) is 6.42 Å². The van der Waals surface area contributed by atoms with Crippen LogP contribution in [0.5, 0.6) is 0 Å². The van der Waals surface area contributed by atoms with Crippen molar-refractivity contribution in [3.05, 3.63) is 11.6 Å². The fourth-order valence-electron chi connectivity index (χ4n) is 0.872. The predicted octanol–water partition coefficient (Wildman–Crippen LogP) is 2.54. The number of unbranched alkanes of at least 4 members (excludes halogenated alkanes) is 1. The Hall–Kier alpha value is -0.0500. The van der Waals surface area contributed by atoms with E-state index < -0.39 is 0 Å². The molecule has 0 aliphatic rings. The van der Waals surface area contributed by atoms with Gasteiger partial charge in [0.1, 0.15) is 0 Å². The molecular weight excluding hydrogens is 186 g/mol. The van der Waals surface area contributed by atoms with Crippen LogP contribution in [0.15, 0.2) is 11.6 Å². The van der Waals surface area contributed by atoms with Gasteiger partial charge in [-0.3, -0.25) is 0 Å². The monoisotopic (exact) mass is 205 g/mol. The number of halogens is 1. The highest BCUT2D eigenvalue weighted by Gasteiger charge is 1.90. The molecule has 0 saturated heterocycles. The summed E-state index contributed by atoms with van der Waals surface area (Å²) in [6, 6.07) is 0. The van der Waals surface area contributed by atoms with E-state index in [1.807, 2.05) is 0 Å². The number of nitrogens with one attached hydrogen (secondary N) is 1. The Balaban J connectivity index is 2.87. The van der Waals surface area contributed by atoms with E-state index in [4.69, 9.17) is 16.3 Å². The van der Waals surface area contributed by atoms with Crippen molar-refractivity contribution in [1.29, 1.82) is 0 Å². The number of hydrogen-bond acceptors (Lipinski definition) is 2. The summed E-state index contributed by atoms with van der Waals surface area (Å²) in [5.74, 6) is 0. The molecule has 0 saturated carbocycles. The van der Waals surface area contributed by atoms with Crippen LogP contribution in [0, 0.1) is 0 Å². The Morgan fingerprint density at radius 2 is 2.08 bits per heavy atom. The molecule has 0 aromatic carbocycles. The fourth-order valence-corrected chi connectivity index (χ4v) is 0.966. The van der Waals surface area contributed by atoms with Crippen LogP contribution >= 0.6 is 11.6 Å². The summed E-state index contributed by atoms with van der Waals surface area (Å²) < 4.78 is 5.39. The van der Waals surface area contributed by atoms with Gasteiger partial charge in [0, 0.05) is 24.8 Å². The van der Waals surface area contributed by atoms with E-state index in [9.17, 15) is 0 Å². The van der Waals surface area contributed by atoms with Crippen LogP contribution in [0.3, 0.4) is 0 Å². The predicted molar refractivity (Wildman–Crippen MR) is 58.2 cm³/mol. The van der Waals surface area contributed by atoms with Crippen LogP contribution in [-0.4, -0.2) is 26.3 Å². The smallest absolute Gasteiger partial charge is 0.0478 e. The summed E-state index contributed by atoms with van der Waals surface area (Å²) >= 11 is 5.57. The third-order valence-electron chi connectivity index (χ3n) is 1.60. The van der Waals surface area contributed by atoms with Gasteiger partial charge in [0.15, 0.2) is 0 Å². The summed E-state index contributed by atoms with van der Waals surface area (Å²) in [4.78, 5) is 0. The minimum Gasteiger partial charge on any atom is -0.381 e. The van der Waals surface area contributed by atoms with Crippen molar-refractivity contribution in [3.8, 4) is 0 Å². The van der Waals surface area contributed by atoms with Crippen molar-refractivity contribution >= 4 is 11.6 Å². The molecule has 0 bridgehead atoms. The van der Waals surface area contributed by atoms with Crippen LogP contribution in [0.25, 0.3) is 0 Å². The maximum atomic E-state index is 5.57. The van der Waals surface area contributed by atoms with E-state index in [0.29, 0.717) is 11.6 Å². The van der Waals surface area contributed by atoms with Crippen molar-refractivity contribution in [2.45, 2.75) is 26.2 Å². The molecule has 0 atom stereocenters. The molecule has 0 amide bonds. The maximum Gasteiger partial charge on any atom is 0.0478 e. The quantitative estimate of drug-likeness (QED) is 0.585. The third kappa shape index (κ3) is 12.0. The second kappa shape index (κ2) is 10.0. The van der Waals surface area contributed by atoms with Crippen molar-refractivity contribution in [3.63, 3.8) is 0 Å². The zero-order valence-electron chi connectivity index (χ0n) is 8.44. The molecule has 2 nitrogen and oxygen atoms in total. The lowest BCUT2D eigenvalue weighted by Crippen LogP contribution is -2.18. The average Bonchev–Trinajstić information content (AvgIpc) is 2.09. The minimum absolute atomic E-state index is 0.659. The first-order valence-electron chi connectivity index (χ1n) is 4.89. The molecule has 0 aliphatic heterocycles. The second-order valence-corrected chi connectivity index (χ2v) is 3.55. The van der Waals surface area contributed by atoms with Gasteiger partial charge in [-0.2, -0.15) is 0 Å². The first kappa shape index (κ1) is 12.9. The zero-order chi connectivity index (χ0) is 9.94. The van der Waals surface area contributed by atoms with Gasteiger partial charge in [-0.15, -0.1) is 0 Å². The lowest BCUT2D eigenvalue weighted by Gasteiger charge is -2.04. The highest BCUT2D eigenvalue weighted by Crippen LogP contribution is 1.92. The first-order valence-corrected chi connectivity index (χ1v) is 5.27. The van der Waals surface area contributed by atoms with Gasteiger partial charge in [-0.25, -0.2) is 0 Å². The summed E-state index contributed by atoms with van der Waals surface area (Å²) in [7, 11) is 0. The van der Waals surface area contributed by atoms with Crippen LogP contribution in [0.4, 0.5) is 0 Å². The van der Waals surface area contributed by atoms with E-state index in [0.717, 1.165) is 32.6 Å². The van der Waals surface area contributed by atoms with Crippen molar-refractivity contribution in [2.75, 3.05) is 26.3 Å². The second-order valence-electron chi connectivity index (χ2n) is 3.01. The molecule has 3 heteroatoms. The van der Waals surface area contributed by atoms with Gasteiger partial charge in [0.05, 0.1) is 0 Å². The lowest BCUT2D eigenvalue weighted by atomic mass is 10.4. The van der Waals surface area contributed by atoms with Gasteiger partial charge in [0.2, 0.25) is 0 Å². The van der Waals surface area contributed by atoms with Gasteiger partial charge in [-0.05, 0) is 19.4 Å². The molecule has 0 spiro atoms. The highest BCUT2D eigenvalue weighted by molar-refractivity contribution is 6.29. The molecule has 0 rings (SSSR count). The van der Waals surface area contributed by atoms with Crippen molar-refractivity contribution < 1.29 is 4.74 Å². The van der Waals surface area contributed by atoms with Gasteiger partial charge >= 0.3 is 0 Å². The topological polar surface area (TPSA) is 21.3 Å². The highest BCUT2D eigenvalue weighted by atomic mass is 35.5. The lowest BCUT2D eigenvalue weighted by molar-refractivity contribution is 0.129. The molecule has 1 N–H and O–H groups in total. The molecular formula is C10H20ClNO. The Kier molecular flexibility index (Phi) is 10.00. The molecule has 0 fully saturated rings. The third-order valence-corrected chi connectivity index (χ3v) is 1.73. The minimum atomic E-state index is 0.659. The average molecular weight is 206 g/mol. The Morgan fingerprint density at radius 1 is 1.38 bits per heavy atom. The largest absolute Gasteiger partial charge is 0.381 e. The molecule has 0 aromatic heterocycles. The van der Waals surface area contributed by atoms with Crippen molar-refractivity contribution in [1.82, 2.24) is 5.32 Å². The zero-order valence-corrected chi connectivity index (χ0v) is 9.20. The van der Waals surface area contributed by atoms with Gasteiger partial charge < -0.3 is 10.1 Å². The summed E-state index contributed by atoms with van der Waals surface area (Å²) in [5.41, 5.74) is 0. The molecule has 0 heterocycles. The van der Waals surface area contributed by atoms with Gasteiger partial charge in [0.25, 0.3) is 0 Å². The Bertz CT molecular complexity index is 128. The van der Waals surface area contributed by atoms with Crippen LogP contribution in [0.2, 0.25) is 0 Å². The van der Waals surface area contributed by atoms with E-state index in [1.54, 1.807) is 0 Å². The normalized spacial score (nSPS) is 10.3. The van der Waals surface area contributed by atoms with Crippen LogP contribution in [0.1, 0.15) is 26.2 Å². The molecule has 0 aromatic rings. The molecule has 0 aliphatic carbocycles. The number of hydrogen-bond donors (Lipinski definition) is 1. The van der Waals surface area contributed by atoms with E-state index in [-0.39, 0.29) is 0 Å². The van der Waals surface area contributed by atoms with Crippen LogP contribution in [-0.2, 0) is 4.74 Å². The summed E-state index contributed by atoms with van der Waals surface area (Å²) in [6.45, 7) is 9.10. The summed E-state index contributed by atoms with van der Waals surface area (Å²) in [6.07, 6.45) is 3.39. The molecule has 13 heavy (non-hydrogen) atoms. The Morgan fingerprint density at radius 3 is 2.69 bits per heavy atom. The summed E-state index contributed by atoms with van der Waals surface area (Å²) in [5, 5.41) is 3.82. The van der Waals surface area contributed by atoms with Crippen molar-refractivity contribution in [2.24, 2.45) is 0 Å². The SMILES string of the molecule is C=C(Cl)CNCCCOCCCC. The standard InChI is InChI=1S/C10H20ClNO/c1-3-4-7-13-8-5-6-12-9-10(2)11/h12H,2-9H2,1H3. The van der Waals surface area contributed by atoms with Gasteiger partial charge in [-0.1, -0.05) is 31.5 Å². The van der Waals surface area contributed by atoms with E-state index in [2.05, 4.69) is 18.8 Å².